The Morgan fingerprint density at radius 2 is 2.11 bits per heavy atom. The summed E-state index contributed by atoms with van der Waals surface area (Å²) >= 11 is 11.7. The molecule has 0 saturated heterocycles. The van der Waals surface area contributed by atoms with Gasteiger partial charge in [0.15, 0.2) is 0 Å². The molecule has 0 aromatic heterocycles. The molecule has 0 unspecified atom stereocenters. The number of nitrogens with one attached hydrogen (secondary N) is 1. The Hall–Kier alpha value is -0.810. The molecule has 1 amide bonds. The number of aliphatic hydroxyl groups is 1. The van der Waals surface area contributed by atoms with Crippen LogP contribution in [0.2, 0.25) is 10.0 Å². The lowest BCUT2D eigenvalue weighted by molar-refractivity contribution is -0.117. The van der Waals surface area contributed by atoms with Crippen molar-refractivity contribution in [3.05, 3.63) is 28.2 Å². The molecule has 4 nitrogen and oxygen atoms in total. The monoisotopic (exact) mass is 302 g/mol. The molecule has 6 heteroatoms. The molecule has 1 fully saturated rings. The standard InChI is InChI=1S/C13H16Cl2N2O2/c14-11-4-1-9(7-12(11)15)16-13(19)8-17(5-6-18)10-2-3-10/h1,4,7,10,18H,2-3,5-6,8H2,(H,16,19). The SMILES string of the molecule is O=C(CN(CCO)C1CC1)Nc1ccc(Cl)c(Cl)c1. The minimum Gasteiger partial charge on any atom is -0.395 e. The van der Waals surface area contributed by atoms with E-state index in [1.807, 2.05) is 4.90 Å². The molecule has 2 N–H and O–H groups in total. The Bertz CT molecular complexity index is 464. The highest BCUT2D eigenvalue weighted by molar-refractivity contribution is 6.42. The normalized spacial score (nSPS) is 14.7. The second-order valence-corrected chi connectivity index (χ2v) is 5.42. The second-order valence-electron chi connectivity index (χ2n) is 4.60. The number of amides is 1. The quantitative estimate of drug-likeness (QED) is 0.848. The molecule has 0 heterocycles. The lowest BCUT2D eigenvalue weighted by Crippen LogP contribution is -2.36. The van der Waals surface area contributed by atoms with Crippen molar-refractivity contribution in [2.45, 2.75) is 18.9 Å². The summed E-state index contributed by atoms with van der Waals surface area (Å²) in [6.45, 7) is 0.876. The zero-order chi connectivity index (χ0) is 13.8. The van der Waals surface area contributed by atoms with Crippen molar-refractivity contribution in [2.24, 2.45) is 0 Å². The highest BCUT2D eigenvalue weighted by atomic mass is 35.5. The highest BCUT2D eigenvalue weighted by Gasteiger charge is 2.29. The molecule has 0 aliphatic heterocycles. The van der Waals surface area contributed by atoms with E-state index in [1.54, 1.807) is 18.2 Å². The van der Waals surface area contributed by atoms with E-state index in [2.05, 4.69) is 5.32 Å². The average Bonchev–Trinajstić information content (AvgIpc) is 3.17. The molecule has 1 aliphatic carbocycles. The predicted molar refractivity (Wildman–Crippen MR) is 76.8 cm³/mol. The van der Waals surface area contributed by atoms with Crippen molar-refractivity contribution >= 4 is 34.8 Å². The average molecular weight is 303 g/mol. The lowest BCUT2D eigenvalue weighted by Gasteiger charge is -2.20. The third-order valence-corrected chi connectivity index (χ3v) is 3.74. The van der Waals surface area contributed by atoms with Gasteiger partial charge >= 0.3 is 0 Å². The van der Waals surface area contributed by atoms with Crippen molar-refractivity contribution < 1.29 is 9.90 Å². The molecule has 0 bridgehead atoms. The number of nitrogens with zero attached hydrogens (tertiary/aromatic N) is 1. The Kier molecular flexibility index (Phi) is 5.05. The van der Waals surface area contributed by atoms with Crippen LogP contribution in [0.1, 0.15) is 12.8 Å². The van der Waals surface area contributed by atoms with Crippen molar-refractivity contribution in [2.75, 3.05) is 25.0 Å². The molecule has 104 valence electrons. The van der Waals surface area contributed by atoms with Crippen LogP contribution in [0.15, 0.2) is 18.2 Å². The first-order valence-corrected chi connectivity index (χ1v) is 6.95. The van der Waals surface area contributed by atoms with E-state index < -0.39 is 0 Å². The Balaban J connectivity index is 1.90. The first-order chi connectivity index (χ1) is 9.10. The summed E-state index contributed by atoms with van der Waals surface area (Å²) in [4.78, 5) is 13.9. The zero-order valence-electron chi connectivity index (χ0n) is 10.4. The van der Waals surface area contributed by atoms with Crippen LogP contribution in [0.4, 0.5) is 5.69 Å². The van der Waals surface area contributed by atoms with Crippen LogP contribution in [0, 0.1) is 0 Å². The van der Waals surface area contributed by atoms with E-state index in [-0.39, 0.29) is 19.1 Å². The largest absolute Gasteiger partial charge is 0.395 e. The topological polar surface area (TPSA) is 52.6 Å². The van der Waals surface area contributed by atoms with Gasteiger partial charge in [-0.25, -0.2) is 0 Å². The van der Waals surface area contributed by atoms with Gasteiger partial charge in [-0.05, 0) is 31.0 Å². The Morgan fingerprint density at radius 1 is 1.37 bits per heavy atom. The van der Waals surface area contributed by atoms with Crippen LogP contribution in [0.5, 0.6) is 0 Å². The predicted octanol–water partition coefficient (Wildman–Crippen LogP) is 2.39. The van der Waals surface area contributed by atoms with Gasteiger partial charge in [-0.3, -0.25) is 9.69 Å². The smallest absolute Gasteiger partial charge is 0.238 e. The van der Waals surface area contributed by atoms with Gasteiger partial charge in [-0.1, -0.05) is 23.2 Å². The van der Waals surface area contributed by atoms with Crippen molar-refractivity contribution in [1.29, 1.82) is 0 Å². The van der Waals surface area contributed by atoms with Gasteiger partial charge < -0.3 is 10.4 Å². The molecular weight excluding hydrogens is 287 g/mol. The van der Waals surface area contributed by atoms with Crippen LogP contribution in [0.3, 0.4) is 0 Å². The molecule has 0 spiro atoms. The number of rotatable bonds is 6. The number of anilines is 1. The second kappa shape index (κ2) is 6.57. The van der Waals surface area contributed by atoms with Gasteiger partial charge in [0.25, 0.3) is 0 Å². The number of hydrogen-bond donors (Lipinski definition) is 2. The van der Waals surface area contributed by atoms with Gasteiger partial charge in [0.2, 0.25) is 5.91 Å². The number of carbonyl (C=O) groups is 1. The highest BCUT2D eigenvalue weighted by Crippen LogP contribution is 2.27. The number of halogens is 2. The molecular formula is C13H16Cl2N2O2. The summed E-state index contributed by atoms with van der Waals surface area (Å²) in [6.07, 6.45) is 2.19. The minimum atomic E-state index is -0.112. The first-order valence-electron chi connectivity index (χ1n) is 6.20. The summed E-state index contributed by atoms with van der Waals surface area (Å²) in [5.74, 6) is -0.112. The summed E-state index contributed by atoms with van der Waals surface area (Å²) in [5.41, 5.74) is 0.624. The summed E-state index contributed by atoms with van der Waals surface area (Å²) < 4.78 is 0. The number of benzene rings is 1. The molecule has 1 saturated carbocycles. The maximum atomic E-state index is 11.9. The molecule has 0 radical (unpaired) electrons. The molecule has 1 aliphatic rings. The first kappa shape index (κ1) is 14.6. The maximum Gasteiger partial charge on any atom is 0.238 e. The van der Waals surface area contributed by atoms with Gasteiger partial charge in [0.1, 0.15) is 0 Å². The van der Waals surface area contributed by atoms with Crippen LogP contribution in [-0.4, -0.2) is 41.7 Å². The molecule has 19 heavy (non-hydrogen) atoms. The summed E-state index contributed by atoms with van der Waals surface area (Å²) in [7, 11) is 0. The van der Waals surface area contributed by atoms with Crippen LogP contribution in [-0.2, 0) is 4.79 Å². The van der Waals surface area contributed by atoms with E-state index in [1.165, 1.54) is 0 Å². The van der Waals surface area contributed by atoms with Crippen molar-refractivity contribution in [3.8, 4) is 0 Å². The van der Waals surface area contributed by atoms with Crippen LogP contribution >= 0.6 is 23.2 Å². The Labute approximate surface area is 122 Å². The van der Waals surface area contributed by atoms with Gasteiger partial charge in [0, 0.05) is 18.3 Å². The van der Waals surface area contributed by atoms with E-state index in [9.17, 15) is 4.79 Å². The van der Waals surface area contributed by atoms with Crippen molar-refractivity contribution in [1.82, 2.24) is 4.90 Å². The zero-order valence-corrected chi connectivity index (χ0v) is 11.9. The third-order valence-electron chi connectivity index (χ3n) is 3.00. The van der Waals surface area contributed by atoms with E-state index in [0.29, 0.717) is 28.3 Å². The molecule has 2 rings (SSSR count). The fourth-order valence-corrected chi connectivity index (χ4v) is 2.22. The number of aliphatic hydroxyl groups excluding tert-OH is 1. The van der Waals surface area contributed by atoms with E-state index in [4.69, 9.17) is 28.3 Å². The van der Waals surface area contributed by atoms with Gasteiger partial charge in [-0.15, -0.1) is 0 Å². The summed E-state index contributed by atoms with van der Waals surface area (Å²) in [5, 5.41) is 12.6. The molecule has 0 atom stereocenters. The fourth-order valence-electron chi connectivity index (χ4n) is 1.92. The number of hydrogen-bond acceptors (Lipinski definition) is 3. The minimum absolute atomic E-state index is 0.0660. The Morgan fingerprint density at radius 3 is 2.68 bits per heavy atom. The van der Waals surface area contributed by atoms with Gasteiger partial charge in [-0.2, -0.15) is 0 Å². The summed E-state index contributed by atoms with van der Waals surface area (Å²) in [6, 6.07) is 5.41. The van der Waals surface area contributed by atoms with Crippen molar-refractivity contribution in [3.63, 3.8) is 0 Å². The fraction of sp³-hybridized carbons (Fsp3) is 0.462. The maximum absolute atomic E-state index is 11.9. The van der Waals surface area contributed by atoms with E-state index in [0.717, 1.165) is 12.8 Å². The van der Waals surface area contributed by atoms with Gasteiger partial charge in [0.05, 0.1) is 23.2 Å². The number of carbonyl (C=O) groups excluding carboxylic acids is 1. The lowest BCUT2D eigenvalue weighted by atomic mass is 10.3. The molecule has 1 aromatic rings. The van der Waals surface area contributed by atoms with Crippen LogP contribution in [0.25, 0.3) is 0 Å². The third kappa shape index (κ3) is 4.35. The van der Waals surface area contributed by atoms with E-state index >= 15 is 0 Å². The van der Waals surface area contributed by atoms with Crippen LogP contribution < -0.4 is 5.32 Å². The molecule has 1 aromatic carbocycles.